The Morgan fingerprint density at radius 1 is 0.261 bits per heavy atom. The Hall–Kier alpha value is -10.3. The molecule has 10 nitrogen and oxygen atoms in total. The van der Waals surface area contributed by atoms with Gasteiger partial charge in [0.05, 0.1) is 51.9 Å². The SMILES string of the molecule is N#Cc1ccc(-c2nc(-c3ccc(C#N)cc3)nc(-c3ccc4c(c3)C3(c5ccccc5-c5ccccc53)c3cc(-c5nc(-c6ccc(C#N)cc6)nc(-c6ccc(C#N)cc6)n5)ccc3-4)n2)cc1. The van der Waals surface area contributed by atoms with E-state index in [0.717, 1.165) is 77.9 Å². The molecule has 10 aromatic rings. The number of aromatic nitrogens is 6. The summed E-state index contributed by atoms with van der Waals surface area (Å²) in [5.74, 6) is 2.72. The third kappa shape index (κ3) is 6.53. The zero-order valence-corrected chi connectivity index (χ0v) is 36.3. The molecule has 2 aromatic heterocycles. The maximum Gasteiger partial charge on any atom is 0.164 e. The van der Waals surface area contributed by atoms with Crippen LogP contribution in [0.1, 0.15) is 44.5 Å². The van der Waals surface area contributed by atoms with Crippen LogP contribution in [0, 0.1) is 45.3 Å². The standard InChI is InChI=1S/C59H30N10/c60-31-35-9-17-39(18-10-35)53-64-54(40-19-11-36(32-61)12-20-40)67-57(66-53)43-25-27-47-48-28-26-44(30-52(48)59(51(47)29-43)49-7-3-1-5-45(49)46-6-2-4-8-50(46)59)58-68-55(41-21-13-37(33-62)14-22-41)65-56(69-58)42-23-15-38(34-63)16-24-42/h1-30H. The number of hydrogen-bond donors (Lipinski definition) is 0. The van der Waals surface area contributed by atoms with E-state index in [9.17, 15) is 21.0 Å². The lowest BCUT2D eigenvalue weighted by Gasteiger charge is -2.31. The molecule has 316 valence electrons. The van der Waals surface area contributed by atoms with Gasteiger partial charge in [-0.25, -0.2) is 29.9 Å². The molecule has 0 saturated heterocycles. The van der Waals surface area contributed by atoms with Crippen LogP contribution in [0.15, 0.2) is 182 Å². The first-order valence-electron chi connectivity index (χ1n) is 22.0. The van der Waals surface area contributed by atoms with Gasteiger partial charge >= 0.3 is 0 Å². The molecule has 0 fully saturated rings. The van der Waals surface area contributed by atoms with Crippen LogP contribution in [-0.4, -0.2) is 29.9 Å². The number of nitrogens with zero attached hydrogens (tertiary/aromatic N) is 10. The molecule has 0 atom stereocenters. The fraction of sp³-hybridized carbons (Fsp3) is 0.0169. The highest BCUT2D eigenvalue weighted by atomic mass is 15.0. The minimum Gasteiger partial charge on any atom is -0.208 e. The first-order chi connectivity index (χ1) is 33.9. The number of fused-ring (bicyclic) bond motifs is 10. The molecule has 12 rings (SSSR count). The lowest BCUT2D eigenvalue weighted by molar-refractivity contribution is 0.794. The highest BCUT2D eigenvalue weighted by Gasteiger charge is 2.52. The first-order valence-corrected chi connectivity index (χ1v) is 22.0. The minimum absolute atomic E-state index is 0.446. The van der Waals surface area contributed by atoms with E-state index in [2.05, 4.69) is 109 Å². The molecular formula is C59H30N10. The van der Waals surface area contributed by atoms with Crippen LogP contribution in [0.3, 0.4) is 0 Å². The van der Waals surface area contributed by atoms with Crippen molar-refractivity contribution in [1.29, 1.82) is 21.0 Å². The predicted molar refractivity (Wildman–Crippen MR) is 261 cm³/mol. The van der Waals surface area contributed by atoms with Crippen molar-refractivity contribution >= 4 is 0 Å². The molecule has 10 heteroatoms. The summed E-state index contributed by atoms with van der Waals surface area (Å²) in [6.45, 7) is 0. The van der Waals surface area contributed by atoms with Crippen LogP contribution in [0.25, 0.3) is 90.6 Å². The van der Waals surface area contributed by atoms with Crippen LogP contribution in [0.5, 0.6) is 0 Å². The van der Waals surface area contributed by atoms with E-state index >= 15 is 0 Å². The maximum absolute atomic E-state index is 9.55. The summed E-state index contributed by atoms with van der Waals surface area (Å²) in [5.41, 5.74) is 14.6. The van der Waals surface area contributed by atoms with Gasteiger partial charge in [0.15, 0.2) is 34.9 Å². The summed E-state index contributed by atoms with van der Waals surface area (Å²) >= 11 is 0. The van der Waals surface area contributed by atoms with Gasteiger partial charge in [0.25, 0.3) is 0 Å². The molecule has 0 bridgehead atoms. The Kier molecular flexibility index (Phi) is 9.34. The second kappa shape index (κ2) is 16.0. The number of rotatable bonds is 6. The molecule has 8 aromatic carbocycles. The van der Waals surface area contributed by atoms with Gasteiger partial charge in [-0.15, -0.1) is 0 Å². The Morgan fingerprint density at radius 3 is 0.797 bits per heavy atom. The molecule has 0 unspecified atom stereocenters. The van der Waals surface area contributed by atoms with Crippen molar-refractivity contribution in [3.63, 3.8) is 0 Å². The van der Waals surface area contributed by atoms with Crippen molar-refractivity contribution in [1.82, 2.24) is 29.9 Å². The monoisotopic (exact) mass is 878 g/mol. The molecule has 0 saturated carbocycles. The molecule has 69 heavy (non-hydrogen) atoms. The van der Waals surface area contributed by atoms with E-state index in [0.29, 0.717) is 57.2 Å². The largest absolute Gasteiger partial charge is 0.208 e. The number of hydrogen-bond acceptors (Lipinski definition) is 10. The van der Waals surface area contributed by atoms with Crippen molar-refractivity contribution < 1.29 is 0 Å². The van der Waals surface area contributed by atoms with Gasteiger partial charge in [0.1, 0.15) is 0 Å². The fourth-order valence-electron chi connectivity index (χ4n) is 9.72. The number of nitriles is 4. The van der Waals surface area contributed by atoms with Gasteiger partial charge in [0, 0.05) is 33.4 Å². The van der Waals surface area contributed by atoms with E-state index in [1.165, 1.54) is 0 Å². The average Bonchev–Trinajstić information content (AvgIpc) is 3.89. The third-order valence-corrected chi connectivity index (χ3v) is 13.0. The molecule has 0 aliphatic heterocycles. The van der Waals surface area contributed by atoms with Crippen molar-refractivity contribution in [2.45, 2.75) is 5.41 Å². The fourth-order valence-corrected chi connectivity index (χ4v) is 9.72. The van der Waals surface area contributed by atoms with Crippen LogP contribution < -0.4 is 0 Å². The van der Waals surface area contributed by atoms with E-state index in [1.807, 2.05) is 48.5 Å². The summed E-state index contributed by atoms with van der Waals surface area (Å²) in [6, 6.07) is 67.5. The van der Waals surface area contributed by atoms with Crippen LogP contribution in [0.4, 0.5) is 0 Å². The number of benzene rings is 8. The Morgan fingerprint density at radius 2 is 0.507 bits per heavy atom. The molecule has 0 amide bonds. The Labute approximate surface area is 396 Å². The predicted octanol–water partition coefficient (Wildman–Crippen LogP) is 11.9. The van der Waals surface area contributed by atoms with Gasteiger partial charge in [-0.05, 0) is 154 Å². The topological polar surface area (TPSA) is 172 Å². The van der Waals surface area contributed by atoms with Crippen LogP contribution in [0.2, 0.25) is 0 Å². The maximum atomic E-state index is 9.55. The molecule has 0 radical (unpaired) electrons. The van der Waals surface area contributed by atoms with Crippen LogP contribution in [-0.2, 0) is 5.41 Å². The molecule has 2 heterocycles. The summed E-state index contributed by atoms with van der Waals surface area (Å²) in [7, 11) is 0. The summed E-state index contributed by atoms with van der Waals surface area (Å²) in [6.07, 6.45) is 0. The molecule has 2 aliphatic rings. The van der Waals surface area contributed by atoms with E-state index < -0.39 is 5.41 Å². The van der Waals surface area contributed by atoms with Gasteiger partial charge in [-0.3, -0.25) is 0 Å². The van der Waals surface area contributed by atoms with Crippen molar-refractivity contribution in [3.8, 4) is 115 Å². The summed E-state index contributed by atoms with van der Waals surface area (Å²) in [4.78, 5) is 30.2. The molecule has 0 N–H and O–H groups in total. The minimum atomic E-state index is -0.776. The highest BCUT2D eigenvalue weighted by molar-refractivity contribution is 5.96. The van der Waals surface area contributed by atoms with Crippen LogP contribution >= 0.6 is 0 Å². The van der Waals surface area contributed by atoms with E-state index in [1.54, 1.807) is 48.5 Å². The summed E-state index contributed by atoms with van der Waals surface area (Å²) < 4.78 is 0. The first kappa shape index (κ1) is 40.3. The average molecular weight is 879 g/mol. The second-order valence-corrected chi connectivity index (χ2v) is 16.7. The van der Waals surface area contributed by atoms with E-state index in [-0.39, 0.29) is 0 Å². The van der Waals surface area contributed by atoms with Gasteiger partial charge in [-0.2, -0.15) is 21.0 Å². The van der Waals surface area contributed by atoms with Crippen molar-refractivity contribution in [3.05, 3.63) is 226 Å². The summed E-state index contributed by atoms with van der Waals surface area (Å²) in [5, 5.41) is 38.2. The normalized spacial score (nSPS) is 12.1. The van der Waals surface area contributed by atoms with Crippen molar-refractivity contribution in [2.24, 2.45) is 0 Å². The van der Waals surface area contributed by atoms with Gasteiger partial charge < -0.3 is 0 Å². The second-order valence-electron chi connectivity index (χ2n) is 16.7. The van der Waals surface area contributed by atoms with Gasteiger partial charge in [0.2, 0.25) is 0 Å². The Balaban J connectivity index is 1.07. The smallest absolute Gasteiger partial charge is 0.164 e. The Bertz CT molecular complexity index is 3520. The molecule has 1 spiro atoms. The quantitative estimate of drug-likeness (QED) is 0.156. The van der Waals surface area contributed by atoms with E-state index in [4.69, 9.17) is 29.9 Å². The highest BCUT2D eigenvalue weighted by Crippen LogP contribution is 2.63. The lowest BCUT2D eigenvalue weighted by atomic mass is 9.70. The molecular weight excluding hydrogens is 849 g/mol. The third-order valence-electron chi connectivity index (χ3n) is 13.0. The van der Waals surface area contributed by atoms with Gasteiger partial charge in [-0.1, -0.05) is 72.8 Å². The van der Waals surface area contributed by atoms with Crippen molar-refractivity contribution in [2.75, 3.05) is 0 Å². The zero-order valence-electron chi connectivity index (χ0n) is 36.3. The zero-order chi connectivity index (χ0) is 46.6. The molecule has 2 aliphatic carbocycles. The lowest BCUT2D eigenvalue weighted by Crippen LogP contribution is -2.26.